The first-order chi connectivity index (χ1) is 7.66. The number of rotatable bonds is 6. The van der Waals surface area contributed by atoms with E-state index in [-0.39, 0.29) is 5.91 Å². The molecule has 1 rings (SSSR count). The molecule has 0 bridgehead atoms. The number of alkyl halides is 1. The van der Waals surface area contributed by atoms with Crippen molar-refractivity contribution in [2.45, 2.75) is 26.2 Å². The smallest absolute Gasteiger partial charge is 0.258 e. The Bertz CT molecular complexity index is 338. The predicted molar refractivity (Wildman–Crippen MR) is 62.8 cm³/mol. The van der Waals surface area contributed by atoms with Gasteiger partial charge < -0.3 is 9.42 Å². The van der Waals surface area contributed by atoms with Crippen molar-refractivity contribution in [2.75, 3.05) is 19.5 Å². The molecule has 0 atom stereocenters. The number of nitrogens with zero attached hydrogens (tertiary/aromatic N) is 2. The van der Waals surface area contributed by atoms with Crippen LogP contribution in [0.1, 0.15) is 35.4 Å². The topological polar surface area (TPSA) is 46.3 Å². The highest BCUT2D eigenvalue weighted by atomic mass is 35.5. The summed E-state index contributed by atoms with van der Waals surface area (Å²) in [5.74, 6) is 1.21. The highest BCUT2D eigenvalue weighted by Gasteiger charge is 2.16. The number of aromatic nitrogens is 1. The Hall–Kier alpha value is -1.03. The van der Waals surface area contributed by atoms with Crippen molar-refractivity contribution in [3.8, 4) is 0 Å². The van der Waals surface area contributed by atoms with Crippen LogP contribution in [-0.2, 0) is 0 Å². The van der Waals surface area contributed by atoms with Gasteiger partial charge in [0.25, 0.3) is 5.91 Å². The van der Waals surface area contributed by atoms with E-state index in [0.717, 1.165) is 25.8 Å². The molecule has 1 amide bonds. The van der Waals surface area contributed by atoms with Crippen LogP contribution in [0.15, 0.2) is 10.7 Å². The van der Waals surface area contributed by atoms with E-state index in [1.807, 2.05) is 0 Å². The number of carbonyl (C=O) groups is 1. The lowest BCUT2D eigenvalue weighted by atomic mass is 10.2. The summed E-state index contributed by atoms with van der Waals surface area (Å²) >= 11 is 5.58. The monoisotopic (exact) mass is 244 g/mol. The van der Waals surface area contributed by atoms with Gasteiger partial charge in [0.1, 0.15) is 11.3 Å². The second-order valence-electron chi connectivity index (χ2n) is 3.77. The average molecular weight is 245 g/mol. The summed E-state index contributed by atoms with van der Waals surface area (Å²) in [6, 6.07) is 0. The summed E-state index contributed by atoms with van der Waals surface area (Å²) < 4.78 is 4.86. The van der Waals surface area contributed by atoms with Crippen molar-refractivity contribution in [1.29, 1.82) is 0 Å². The standard InChI is InChI=1S/C11H17ClN2O2/c1-9-10(8-13-16-9)11(15)14(2)7-5-3-4-6-12/h8H,3-7H2,1-2H3. The number of halogens is 1. The number of hydrogen-bond donors (Lipinski definition) is 0. The van der Waals surface area contributed by atoms with Crippen LogP contribution in [0.25, 0.3) is 0 Å². The number of hydrogen-bond acceptors (Lipinski definition) is 3. The zero-order valence-corrected chi connectivity index (χ0v) is 10.5. The van der Waals surface area contributed by atoms with E-state index in [9.17, 15) is 4.79 Å². The summed E-state index contributed by atoms with van der Waals surface area (Å²) in [6.45, 7) is 2.47. The molecule has 4 nitrogen and oxygen atoms in total. The minimum absolute atomic E-state index is 0.0374. The third-order valence-electron chi connectivity index (χ3n) is 2.45. The maximum Gasteiger partial charge on any atom is 0.258 e. The van der Waals surface area contributed by atoms with Gasteiger partial charge >= 0.3 is 0 Å². The minimum atomic E-state index is -0.0374. The highest BCUT2D eigenvalue weighted by molar-refractivity contribution is 6.17. The van der Waals surface area contributed by atoms with Crippen LogP contribution >= 0.6 is 11.6 Å². The first-order valence-electron chi connectivity index (χ1n) is 5.39. The van der Waals surface area contributed by atoms with Gasteiger partial charge in [-0.25, -0.2) is 0 Å². The van der Waals surface area contributed by atoms with E-state index in [4.69, 9.17) is 16.1 Å². The fraction of sp³-hybridized carbons (Fsp3) is 0.636. The van der Waals surface area contributed by atoms with Crippen molar-refractivity contribution in [3.05, 3.63) is 17.5 Å². The molecule has 0 unspecified atom stereocenters. The van der Waals surface area contributed by atoms with Gasteiger partial charge in [0, 0.05) is 19.5 Å². The lowest BCUT2D eigenvalue weighted by Crippen LogP contribution is -2.27. The van der Waals surface area contributed by atoms with Gasteiger partial charge in [-0.05, 0) is 19.8 Å². The molecule has 0 saturated heterocycles. The maximum atomic E-state index is 11.9. The number of carbonyl (C=O) groups excluding carboxylic acids is 1. The van der Waals surface area contributed by atoms with E-state index >= 15 is 0 Å². The quantitative estimate of drug-likeness (QED) is 0.571. The van der Waals surface area contributed by atoms with Crippen molar-refractivity contribution in [3.63, 3.8) is 0 Å². The van der Waals surface area contributed by atoms with Crippen LogP contribution < -0.4 is 0 Å². The van der Waals surface area contributed by atoms with Gasteiger partial charge in [-0.2, -0.15) is 0 Å². The minimum Gasteiger partial charge on any atom is -0.361 e. The number of aryl methyl sites for hydroxylation is 1. The van der Waals surface area contributed by atoms with Crippen LogP contribution in [0.2, 0.25) is 0 Å². The zero-order valence-electron chi connectivity index (χ0n) is 9.70. The lowest BCUT2D eigenvalue weighted by molar-refractivity contribution is 0.0791. The molecule has 1 aromatic rings. The molecule has 1 aromatic heterocycles. The van der Waals surface area contributed by atoms with E-state index < -0.39 is 0 Å². The lowest BCUT2D eigenvalue weighted by Gasteiger charge is -2.15. The molecule has 0 aliphatic carbocycles. The van der Waals surface area contributed by atoms with Crippen molar-refractivity contribution in [2.24, 2.45) is 0 Å². The van der Waals surface area contributed by atoms with Gasteiger partial charge in [-0.3, -0.25) is 4.79 Å². The molecule has 16 heavy (non-hydrogen) atoms. The molecule has 1 heterocycles. The van der Waals surface area contributed by atoms with Crippen LogP contribution in [0.4, 0.5) is 0 Å². The predicted octanol–water partition coefficient (Wildman–Crippen LogP) is 2.46. The molecular formula is C11H17ClN2O2. The van der Waals surface area contributed by atoms with Gasteiger partial charge in [-0.15, -0.1) is 11.6 Å². The highest BCUT2D eigenvalue weighted by Crippen LogP contribution is 2.09. The zero-order chi connectivity index (χ0) is 12.0. The van der Waals surface area contributed by atoms with Crippen LogP contribution in [0.3, 0.4) is 0 Å². The Morgan fingerprint density at radius 2 is 2.25 bits per heavy atom. The Labute approximate surface area is 101 Å². The summed E-state index contributed by atoms with van der Waals surface area (Å²) in [6.07, 6.45) is 4.48. The van der Waals surface area contributed by atoms with Crippen molar-refractivity contribution in [1.82, 2.24) is 10.1 Å². The first-order valence-corrected chi connectivity index (χ1v) is 5.93. The molecule has 0 aromatic carbocycles. The summed E-state index contributed by atoms with van der Waals surface area (Å²) in [5.41, 5.74) is 0.542. The largest absolute Gasteiger partial charge is 0.361 e. The SMILES string of the molecule is Cc1oncc1C(=O)N(C)CCCCCCl. The van der Waals surface area contributed by atoms with Crippen LogP contribution in [0.5, 0.6) is 0 Å². The molecular weight excluding hydrogens is 228 g/mol. The second kappa shape index (κ2) is 6.53. The molecule has 0 aliphatic heterocycles. The molecule has 0 spiro atoms. The fourth-order valence-corrected chi connectivity index (χ4v) is 1.62. The average Bonchev–Trinajstić information content (AvgIpc) is 2.69. The van der Waals surface area contributed by atoms with E-state index in [2.05, 4.69) is 5.16 Å². The molecule has 0 aliphatic rings. The van der Waals surface area contributed by atoms with Crippen LogP contribution in [0, 0.1) is 6.92 Å². The Balaban J connectivity index is 2.40. The third kappa shape index (κ3) is 3.52. The molecule has 90 valence electrons. The first kappa shape index (κ1) is 13.0. The Kier molecular flexibility index (Phi) is 5.32. The number of amides is 1. The van der Waals surface area contributed by atoms with Gasteiger partial charge in [0.05, 0.1) is 6.20 Å². The summed E-state index contributed by atoms with van der Waals surface area (Å²) in [4.78, 5) is 13.6. The number of unbranched alkanes of at least 4 members (excludes halogenated alkanes) is 2. The van der Waals surface area contributed by atoms with Crippen LogP contribution in [-0.4, -0.2) is 35.4 Å². The molecule has 5 heteroatoms. The molecule has 0 saturated carbocycles. The summed E-state index contributed by atoms with van der Waals surface area (Å²) in [5, 5.41) is 3.59. The van der Waals surface area contributed by atoms with Gasteiger partial charge in [-0.1, -0.05) is 11.6 Å². The fourth-order valence-electron chi connectivity index (χ4n) is 1.43. The Morgan fingerprint density at radius 1 is 1.50 bits per heavy atom. The van der Waals surface area contributed by atoms with E-state index in [0.29, 0.717) is 17.2 Å². The normalized spacial score (nSPS) is 10.4. The van der Waals surface area contributed by atoms with Crippen molar-refractivity contribution >= 4 is 17.5 Å². The van der Waals surface area contributed by atoms with E-state index in [1.165, 1.54) is 6.20 Å². The maximum absolute atomic E-state index is 11.9. The van der Waals surface area contributed by atoms with E-state index in [1.54, 1.807) is 18.9 Å². The van der Waals surface area contributed by atoms with Crippen molar-refractivity contribution < 1.29 is 9.32 Å². The summed E-state index contributed by atoms with van der Waals surface area (Å²) in [7, 11) is 1.79. The Morgan fingerprint density at radius 3 is 2.81 bits per heavy atom. The van der Waals surface area contributed by atoms with Gasteiger partial charge in [0.15, 0.2) is 0 Å². The van der Waals surface area contributed by atoms with Gasteiger partial charge in [0.2, 0.25) is 0 Å². The molecule has 0 N–H and O–H groups in total. The molecule has 0 fully saturated rings. The third-order valence-corrected chi connectivity index (χ3v) is 2.72. The molecule has 0 radical (unpaired) electrons. The second-order valence-corrected chi connectivity index (χ2v) is 4.15.